The van der Waals surface area contributed by atoms with Gasteiger partial charge in [-0.25, -0.2) is 48.2 Å². The van der Waals surface area contributed by atoms with Gasteiger partial charge in [-0.3, -0.25) is 0 Å². The van der Waals surface area contributed by atoms with Crippen LogP contribution in [0.4, 0.5) is 22.0 Å². The number of rotatable bonds is 19. The van der Waals surface area contributed by atoms with Gasteiger partial charge >= 0.3 is 0 Å². The molecule has 7 atom stereocenters. The lowest BCUT2D eigenvalue weighted by atomic mass is 9.68. The summed E-state index contributed by atoms with van der Waals surface area (Å²) in [6.45, 7) is 2.05. The van der Waals surface area contributed by atoms with Crippen LogP contribution in [-0.4, -0.2) is 60.2 Å². The number of sulfonamides is 2. The van der Waals surface area contributed by atoms with Gasteiger partial charge in [-0.2, -0.15) is 0 Å². The first-order valence-corrected chi connectivity index (χ1v) is 29.5. The molecule has 5 N–H and O–H groups in total. The van der Waals surface area contributed by atoms with Crippen LogP contribution in [0.2, 0.25) is 0 Å². The number of phenolic OH excluding ortho intramolecular Hbond substituents is 1. The number of nitrogens with one attached hydrogen (secondary N) is 4. The van der Waals surface area contributed by atoms with Gasteiger partial charge in [-0.05, 0) is 227 Å². The smallest absolute Gasteiger partial charge is 0.243 e. The lowest BCUT2D eigenvalue weighted by Crippen LogP contribution is -2.48. The standard InChI is InChI=1S/C56H69F5N4O5S2/c57-47-5-1-3-7-54(47)71(67,68)64-31-36-15-11-34(12-16-36)29-62-52-20-19-38-25-49(59)50(60)27-42(38)44(52)23-39-22-41(39)46-24-40-26-53(66)51(61)28-43(40)45(21-33-9-10-33)56(46)63-30-35-13-17-37(18-14-35)32-65-72(69,70)55-8-4-2-6-48(55)58/h1-8,25-28,33-37,39,41,44-46,52,56,62-66H,9-24,29-32H2. The number of fused-ring (bicyclic) bond motifs is 2. The number of phenols is 1. The van der Waals surface area contributed by atoms with E-state index < -0.39 is 49.1 Å². The van der Waals surface area contributed by atoms with Crippen LogP contribution in [0.1, 0.15) is 124 Å². The van der Waals surface area contributed by atoms with Crippen molar-refractivity contribution in [2.75, 3.05) is 26.2 Å². The van der Waals surface area contributed by atoms with Crippen LogP contribution in [0.5, 0.6) is 5.75 Å². The largest absolute Gasteiger partial charge is 0.505 e. The zero-order valence-corrected chi connectivity index (χ0v) is 42.4. The summed E-state index contributed by atoms with van der Waals surface area (Å²) in [6, 6.07) is 16.9. The van der Waals surface area contributed by atoms with Crippen LogP contribution in [0.25, 0.3) is 0 Å². The average molecular weight is 1040 g/mol. The average Bonchev–Trinajstić information content (AvgIpc) is 4.32. The Labute approximate surface area is 422 Å². The van der Waals surface area contributed by atoms with Crippen LogP contribution in [0.15, 0.2) is 82.6 Å². The molecule has 7 unspecified atom stereocenters. The van der Waals surface area contributed by atoms with Gasteiger partial charge in [0.2, 0.25) is 20.0 Å². The quantitative estimate of drug-likeness (QED) is 0.0590. The van der Waals surface area contributed by atoms with E-state index in [1.807, 2.05) is 0 Å². The number of benzene rings is 4. The second-order valence-corrected chi connectivity index (χ2v) is 25.9. The van der Waals surface area contributed by atoms with Crippen molar-refractivity contribution >= 4 is 20.0 Å². The predicted molar refractivity (Wildman–Crippen MR) is 267 cm³/mol. The first-order chi connectivity index (χ1) is 34.6. The Morgan fingerprint density at radius 3 is 1.57 bits per heavy atom. The topological polar surface area (TPSA) is 137 Å². The normalized spacial score (nSPS) is 29.6. The molecule has 4 saturated carbocycles. The third-order valence-corrected chi connectivity index (χ3v) is 20.7. The Hall–Kier alpha value is -3.93. The summed E-state index contributed by atoms with van der Waals surface area (Å²) in [6.07, 6.45) is 14.2. The minimum absolute atomic E-state index is 0.0305. The number of hydrogen-bond donors (Lipinski definition) is 5. The van der Waals surface area contributed by atoms with Gasteiger partial charge in [0.05, 0.1) is 0 Å². The van der Waals surface area contributed by atoms with Crippen molar-refractivity contribution < 1.29 is 43.9 Å². The summed E-state index contributed by atoms with van der Waals surface area (Å²) < 4.78 is 131. The maximum absolute atomic E-state index is 15.2. The minimum Gasteiger partial charge on any atom is -0.505 e. The molecule has 0 amide bonds. The van der Waals surface area contributed by atoms with Gasteiger partial charge in [0.25, 0.3) is 0 Å². The molecular formula is C56H69F5N4O5S2. The van der Waals surface area contributed by atoms with Gasteiger partial charge in [0, 0.05) is 31.1 Å². The molecule has 0 spiro atoms. The molecule has 0 saturated heterocycles. The molecular weight excluding hydrogens is 968 g/mol. The zero-order valence-electron chi connectivity index (χ0n) is 40.8. The van der Waals surface area contributed by atoms with Gasteiger partial charge < -0.3 is 15.7 Å². The Kier molecular flexibility index (Phi) is 15.6. The van der Waals surface area contributed by atoms with E-state index in [1.54, 1.807) is 12.1 Å². The molecule has 10 rings (SSSR count). The van der Waals surface area contributed by atoms with E-state index in [9.17, 15) is 35.1 Å². The highest BCUT2D eigenvalue weighted by Crippen LogP contribution is 2.57. The monoisotopic (exact) mass is 1040 g/mol. The van der Waals surface area contributed by atoms with Gasteiger partial charge in [0.1, 0.15) is 21.4 Å². The summed E-state index contributed by atoms with van der Waals surface area (Å²) in [5, 5.41) is 18.6. The second-order valence-electron chi connectivity index (χ2n) is 22.4. The zero-order chi connectivity index (χ0) is 50.3. The Balaban J connectivity index is 0.799. The molecule has 390 valence electrons. The lowest BCUT2D eigenvalue weighted by Gasteiger charge is -2.42. The molecule has 0 radical (unpaired) electrons. The SMILES string of the molecule is O=S(=O)(NCC1CCC(CNC2CCc3cc(F)c(F)cc3C2CC2CC2C2Cc3cc(O)c(F)cc3C(CC3CC3)C2NCC2CCC(CNS(=O)(=O)c3ccccc3F)CC2)CC1)c1ccccc1F. The molecule has 0 heterocycles. The molecule has 4 aromatic carbocycles. The third kappa shape index (κ3) is 11.8. The molecule has 6 aliphatic rings. The van der Waals surface area contributed by atoms with Crippen LogP contribution in [0.3, 0.4) is 0 Å². The maximum atomic E-state index is 15.2. The fourth-order valence-electron chi connectivity index (χ4n) is 13.4. The fourth-order valence-corrected chi connectivity index (χ4v) is 15.8. The lowest BCUT2D eigenvalue weighted by molar-refractivity contribution is 0.202. The van der Waals surface area contributed by atoms with Crippen molar-refractivity contribution in [1.82, 2.24) is 20.1 Å². The van der Waals surface area contributed by atoms with Crippen LogP contribution >= 0.6 is 0 Å². The molecule has 0 bridgehead atoms. The Morgan fingerprint density at radius 2 is 1.00 bits per heavy atom. The van der Waals surface area contributed by atoms with Crippen molar-refractivity contribution in [2.45, 2.75) is 136 Å². The highest BCUT2D eigenvalue weighted by Gasteiger charge is 2.52. The van der Waals surface area contributed by atoms with Gasteiger partial charge in [-0.15, -0.1) is 0 Å². The van der Waals surface area contributed by atoms with E-state index in [-0.39, 0.29) is 70.3 Å². The van der Waals surface area contributed by atoms with Crippen LogP contribution < -0.4 is 20.1 Å². The number of hydrogen-bond acceptors (Lipinski definition) is 7. The number of halogens is 5. The van der Waals surface area contributed by atoms with E-state index in [1.165, 1.54) is 48.5 Å². The van der Waals surface area contributed by atoms with Gasteiger partial charge in [-0.1, -0.05) is 37.1 Å². The van der Waals surface area contributed by atoms with Crippen molar-refractivity contribution in [1.29, 1.82) is 0 Å². The summed E-state index contributed by atoms with van der Waals surface area (Å²) >= 11 is 0. The molecule has 0 aromatic heterocycles. The van der Waals surface area contributed by atoms with Crippen LogP contribution in [0, 0.1) is 76.4 Å². The molecule has 0 aliphatic heterocycles. The fraction of sp³-hybridized carbons (Fsp3) is 0.571. The van der Waals surface area contributed by atoms with E-state index in [0.29, 0.717) is 42.4 Å². The van der Waals surface area contributed by atoms with E-state index >= 15 is 8.78 Å². The minimum atomic E-state index is -3.98. The maximum Gasteiger partial charge on any atom is 0.243 e. The van der Waals surface area contributed by atoms with Crippen LogP contribution in [-0.2, 0) is 32.9 Å². The highest BCUT2D eigenvalue weighted by molar-refractivity contribution is 7.89. The van der Waals surface area contributed by atoms with E-state index in [2.05, 4.69) is 20.1 Å². The molecule has 4 aromatic rings. The van der Waals surface area contributed by atoms with E-state index in [0.717, 1.165) is 137 Å². The highest BCUT2D eigenvalue weighted by atomic mass is 32.2. The summed E-state index contributed by atoms with van der Waals surface area (Å²) in [5.74, 6) is -1.64. The Morgan fingerprint density at radius 1 is 0.500 bits per heavy atom. The van der Waals surface area contributed by atoms with Crippen molar-refractivity contribution in [3.63, 3.8) is 0 Å². The van der Waals surface area contributed by atoms with Crippen molar-refractivity contribution in [3.8, 4) is 5.75 Å². The summed E-state index contributed by atoms with van der Waals surface area (Å²) in [7, 11) is -7.94. The first-order valence-electron chi connectivity index (χ1n) is 26.5. The molecule has 72 heavy (non-hydrogen) atoms. The molecule has 16 heteroatoms. The molecule has 4 fully saturated rings. The third-order valence-electron chi connectivity index (χ3n) is 17.7. The molecule has 6 aliphatic carbocycles. The van der Waals surface area contributed by atoms with Gasteiger partial charge in [0.15, 0.2) is 23.2 Å². The Bertz CT molecular complexity index is 2800. The van der Waals surface area contributed by atoms with Crippen molar-refractivity contribution in [3.05, 3.63) is 124 Å². The number of aryl methyl sites for hydroxylation is 1. The second kappa shape index (κ2) is 21.7. The number of aromatic hydroxyl groups is 1. The summed E-state index contributed by atoms with van der Waals surface area (Å²) in [5.41, 5.74) is 3.72. The predicted octanol–water partition coefficient (Wildman–Crippen LogP) is 10.4. The summed E-state index contributed by atoms with van der Waals surface area (Å²) in [4.78, 5) is -0.689. The van der Waals surface area contributed by atoms with E-state index in [4.69, 9.17) is 0 Å². The molecule has 9 nitrogen and oxygen atoms in total. The first kappa shape index (κ1) is 51.6. The van der Waals surface area contributed by atoms with Crippen molar-refractivity contribution in [2.24, 2.45) is 47.3 Å².